The first kappa shape index (κ1) is 41.3. The van der Waals surface area contributed by atoms with E-state index in [1.165, 1.54) is 355 Å². The van der Waals surface area contributed by atoms with Crippen LogP contribution >= 0.6 is 0 Å². The molecule has 0 aromatic rings. The van der Waals surface area contributed by atoms with Crippen LogP contribution in [-0.2, 0) is 0 Å². The van der Waals surface area contributed by atoms with Crippen molar-refractivity contribution in [1.29, 1.82) is 0 Å². The minimum absolute atomic E-state index is 1.23. The minimum Gasteiger partial charge on any atom is -0.0496 e. The molecule has 32 aliphatic carbocycles. The summed E-state index contributed by atoms with van der Waals surface area (Å²) in [6.45, 7) is 0. The van der Waals surface area contributed by atoms with E-state index in [1.807, 2.05) is 0 Å². The molecule has 0 radical (unpaired) electrons. The zero-order chi connectivity index (χ0) is 48.8. The van der Waals surface area contributed by atoms with E-state index < -0.39 is 0 Å². The molecule has 80 heavy (non-hydrogen) atoms. The van der Waals surface area contributed by atoms with Crippen LogP contribution < -0.4 is 0 Å². The van der Waals surface area contributed by atoms with Crippen molar-refractivity contribution in [3.05, 3.63) is 0 Å². The summed E-state index contributed by atoms with van der Waals surface area (Å²) in [7, 11) is 0. The third kappa shape index (κ3) is 3.38. The maximum absolute atomic E-state index is 1.73. The van der Waals surface area contributed by atoms with Crippen molar-refractivity contribution in [3.63, 3.8) is 0 Å². The molecule has 0 amide bonds. The van der Waals surface area contributed by atoms with E-state index >= 15 is 0 Å². The summed E-state index contributed by atoms with van der Waals surface area (Å²) >= 11 is 0. The summed E-state index contributed by atoms with van der Waals surface area (Å²) in [5.41, 5.74) is 0. The van der Waals surface area contributed by atoms with Crippen LogP contribution in [0.25, 0.3) is 0 Å². The molecule has 0 spiro atoms. The van der Waals surface area contributed by atoms with Crippen LogP contribution in [0.4, 0.5) is 0 Å². The zero-order valence-electron chi connectivity index (χ0n) is 48.8. The third-order valence-corrected chi connectivity index (χ3v) is 45.9. The van der Waals surface area contributed by atoms with Crippen LogP contribution in [-0.4, -0.2) is 0 Å². The Hall–Kier alpha value is 0. The molecule has 420 valence electrons. The van der Waals surface area contributed by atoms with Gasteiger partial charge in [-0.1, -0.05) is 0 Å². The van der Waals surface area contributed by atoms with Crippen LogP contribution in [0, 0.1) is 355 Å². The van der Waals surface area contributed by atoms with Gasteiger partial charge in [0.15, 0.2) is 0 Å². The molecule has 0 saturated heterocycles. The molecule has 0 aromatic heterocycles. The van der Waals surface area contributed by atoms with Gasteiger partial charge in [0.2, 0.25) is 0 Å². The Bertz CT molecular complexity index is 2210. The summed E-state index contributed by atoms with van der Waals surface area (Å²) in [6.07, 6.45) is 34.5. The first-order valence-corrected chi connectivity index (χ1v) is 39.8. The number of fused-ring (bicyclic) bond motifs is 10. The fourth-order valence-electron chi connectivity index (χ4n) is 49.6. The molecule has 0 aromatic carbocycles. The lowest BCUT2D eigenvalue weighted by atomic mass is 9.43. The Morgan fingerprint density at radius 3 is 0.175 bits per heavy atom. The highest BCUT2D eigenvalue weighted by atomic mass is 15.0. The Morgan fingerprint density at radius 2 is 0.113 bits per heavy atom. The Labute approximate surface area is 480 Å². The van der Waals surface area contributed by atoms with E-state index in [4.69, 9.17) is 0 Å². The van der Waals surface area contributed by atoms with Gasteiger partial charge in [0.25, 0.3) is 0 Å². The van der Waals surface area contributed by atoms with Crippen molar-refractivity contribution in [2.75, 3.05) is 0 Å². The van der Waals surface area contributed by atoms with Crippen molar-refractivity contribution in [2.24, 2.45) is 355 Å². The smallest absolute Gasteiger partial charge is 0.0312 e. The maximum Gasteiger partial charge on any atom is -0.0312 e. The van der Waals surface area contributed by atoms with Crippen LogP contribution in [0.15, 0.2) is 0 Å². The van der Waals surface area contributed by atoms with E-state index in [1.54, 1.807) is 128 Å². The fourth-order valence-corrected chi connectivity index (χ4v) is 49.6. The third-order valence-electron chi connectivity index (χ3n) is 45.9. The van der Waals surface area contributed by atoms with Gasteiger partial charge in [-0.25, -0.2) is 0 Å². The molecule has 0 nitrogen and oxygen atoms in total. The lowest BCUT2D eigenvalue weighted by Gasteiger charge is -2.61. The van der Waals surface area contributed by atoms with Crippen molar-refractivity contribution in [3.8, 4) is 0 Å². The van der Waals surface area contributed by atoms with Gasteiger partial charge < -0.3 is 0 Å². The predicted octanol–water partition coefficient (Wildman–Crippen LogP) is 15.2. The topological polar surface area (TPSA) is 0 Å². The van der Waals surface area contributed by atoms with Gasteiger partial charge in [-0.05, 0) is 483 Å². The second kappa shape index (κ2) is 12.0. The zero-order valence-corrected chi connectivity index (χ0v) is 48.8. The fraction of sp³-hybridized carbons (Fsp3) is 1.00. The van der Waals surface area contributed by atoms with E-state index in [2.05, 4.69) is 0 Å². The first-order chi connectivity index (χ1) is 39.8. The van der Waals surface area contributed by atoms with Crippen LogP contribution in [0.1, 0.15) is 128 Å². The van der Waals surface area contributed by atoms with Gasteiger partial charge in [-0.15, -0.1) is 0 Å². The van der Waals surface area contributed by atoms with Gasteiger partial charge in [0.05, 0.1) is 0 Å². The van der Waals surface area contributed by atoms with Crippen molar-refractivity contribution < 1.29 is 0 Å². The molecule has 32 rings (SSSR count). The number of rotatable bonds is 0. The highest BCUT2D eigenvalue weighted by Gasteiger charge is 2.92. The lowest BCUT2D eigenvalue weighted by molar-refractivity contribution is -0.147. The maximum atomic E-state index is 1.73. The summed E-state index contributed by atoms with van der Waals surface area (Å²) < 4.78 is 0. The van der Waals surface area contributed by atoms with E-state index in [-0.39, 0.29) is 0 Å². The largest absolute Gasteiger partial charge is 0.0496 e. The van der Waals surface area contributed by atoms with Crippen molar-refractivity contribution in [1.82, 2.24) is 0 Å². The minimum atomic E-state index is 1.23. The lowest BCUT2D eigenvalue weighted by Crippen LogP contribution is -2.58. The van der Waals surface area contributed by atoms with Crippen LogP contribution in [0.5, 0.6) is 0 Å². The molecule has 0 heteroatoms. The Kier molecular flexibility index (Phi) is 6.20. The molecule has 32 aliphatic rings. The van der Waals surface area contributed by atoms with E-state index in [0.717, 1.165) is 0 Å². The molecule has 0 heterocycles. The average Bonchev–Trinajstić information content (AvgIpc) is 1.92. The highest BCUT2D eigenvalue weighted by Crippen LogP contribution is 2.96. The van der Waals surface area contributed by atoms with Gasteiger partial charge in [0, 0.05) is 0 Å². The first-order valence-electron chi connectivity index (χ1n) is 39.8. The molecule has 0 bridgehead atoms. The van der Waals surface area contributed by atoms with Gasteiger partial charge in [0.1, 0.15) is 0 Å². The van der Waals surface area contributed by atoms with Crippen molar-refractivity contribution in [2.45, 2.75) is 128 Å². The predicted molar refractivity (Wildman–Crippen MR) is 302 cm³/mol. The second-order valence-electron chi connectivity index (χ2n) is 42.1. The summed E-state index contributed by atoms with van der Waals surface area (Å²) in [6, 6.07) is 0. The molecule has 35 unspecified atom stereocenters. The molecular weight excluding hydrogens is 961 g/mol. The van der Waals surface area contributed by atoms with Crippen molar-refractivity contribution >= 4 is 0 Å². The van der Waals surface area contributed by atoms with E-state index in [9.17, 15) is 0 Å². The summed E-state index contributed by atoms with van der Waals surface area (Å²) in [5, 5.41) is 0. The standard InChI is InChI=1S/2C40H50/c2*1-2-12-14-5-6-16-18-9-10-20-19-8-7-17-15-4-3-13-11(1)21-22(12)32-24(14)26(16)34-29(18)30(20)35-28(19)27(17)33-25(15)23(13)31(21)36-37(32)39(34)40(35)38(33)36/h2*11-40H,1-10H2/t11-,12?,13+,14-,15?,16?,17+,18-,19?,20?,21-,22+,23+,24-,25-,26+,27+,28-,29-,30+,31?,32?,33?,34?,35?,36?,37?,38?,39?,40?;/m0./s1. The Balaban J connectivity index is 0.0000000945. The van der Waals surface area contributed by atoms with Crippen LogP contribution in [0.2, 0.25) is 0 Å². The van der Waals surface area contributed by atoms with Gasteiger partial charge in [-0.2, -0.15) is 0 Å². The Morgan fingerprint density at radius 1 is 0.0625 bits per heavy atom. The molecule has 32 fully saturated rings. The second-order valence-corrected chi connectivity index (χ2v) is 42.1. The molecule has 32 saturated carbocycles. The molecular formula is C80H100. The molecule has 0 aliphatic heterocycles. The average molecular weight is 1060 g/mol. The van der Waals surface area contributed by atoms with Gasteiger partial charge >= 0.3 is 0 Å². The monoisotopic (exact) mass is 1060 g/mol. The highest BCUT2D eigenvalue weighted by molar-refractivity contribution is 5.39. The SMILES string of the molecule is C1CC2C3CCC4C5CCC6C7CCC8C9CCC%10C1C1C2C2C3C4C3C5C6C4C7C8C5C9C%10C1C1C2C3C4C51.C1C[C@H]2C3CC[C@H]4C5CC[C@H]6[C@H]7CCC8[C@@H]9C%10C%11C%12C%13C%14C%11C([C@@H]6[C@@H]5C%14[C@@H]4[C@@H]3C%13[C@@H]2[C@H]2C1C1CC[C@H]8[C@@H]%10[C@H]1C%122)[C@@H]97. The summed E-state index contributed by atoms with van der Waals surface area (Å²) in [5.74, 6) is 75.5. The number of hydrogen-bond donors (Lipinski definition) is 0. The summed E-state index contributed by atoms with van der Waals surface area (Å²) in [4.78, 5) is 0. The number of hydrogen-bond acceptors (Lipinski definition) is 0. The van der Waals surface area contributed by atoms with Crippen LogP contribution in [0.3, 0.4) is 0 Å². The molecule has 0 N–H and O–H groups in total. The molecule has 50 atom stereocenters. The normalized spacial score (nSPS) is 87.0. The van der Waals surface area contributed by atoms with Gasteiger partial charge in [-0.3, -0.25) is 0 Å². The van der Waals surface area contributed by atoms with E-state index in [0.29, 0.717) is 0 Å². The quantitative estimate of drug-likeness (QED) is 0.227.